The first-order chi connectivity index (χ1) is 10.3. The second-order valence-electron chi connectivity index (χ2n) is 4.25. The molecule has 0 bridgehead atoms. The maximum Gasteiger partial charge on any atom is 0.337 e. The van der Waals surface area contributed by atoms with Crippen LogP contribution in [0.3, 0.4) is 0 Å². The van der Waals surface area contributed by atoms with E-state index in [0.29, 0.717) is 5.56 Å². The number of rotatable bonds is 2. The molecule has 0 saturated heterocycles. The van der Waals surface area contributed by atoms with E-state index < -0.39 is 17.6 Å². The van der Waals surface area contributed by atoms with Crippen LogP contribution in [0.15, 0.2) is 24.3 Å². The smallest absolute Gasteiger partial charge is 0.337 e. The lowest BCUT2D eigenvalue weighted by molar-refractivity contribution is 0.0698. The van der Waals surface area contributed by atoms with Crippen molar-refractivity contribution in [3.8, 4) is 11.1 Å². The average molecular weight is 328 g/mol. The summed E-state index contributed by atoms with van der Waals surface area (Å²) in [6.07, 6.45) is 0. The van der Waals surface area contributed by atoms with E-state index in [1.54, 1.807) is 0 Å². The van der Waals surface area contributed by atoms with E-state index in [4.69, 9.17) is 22.4 Å². The highest BCUT2D eigenvalue weighted by molar-refractivity contribution is 6.34. The fourth-order valence-corrected chi connectivity index (χ4v) is 2.34. The predicted molar refractivity (Wildman–Crippen MR) is 84.3 cm³/mol. The fourth-order valence-electron chi connectivity index (χ4n) is 1.99. The zero-order valence-corrected chi connectivity index (χ0v) is 13.1. The van der Waals surface area contributed by atoms with E-state index in [1.165, 1.54) is 13.0 Å². The van der Waals surface area contributed by atoms with Gasteiger partial charge in [0, 0.05) is 27.9 Å². The Morgan fingerprint density at radius 3 is 2.32 bits per heavy atom. The number of carbonyl (C=O) groups is 1. The molecule has 0 amide bonds. The van der Waals surface area contributed by atoms with Crippen LogP contribution in [0.4, 0.5) is 14.5 Å². The van der Waals surface area contributed by atoms with Gasteiger partial charge in [-0.3, -0.25) is 0 Å². The van der Waals surface area contributed by atoms with E-state index in [-0.39, 0.29) is 27.4 Å². The van der Waals surface area contributed by atoms with Gasteiger partial charge in [0.05, 0.1) is 5.56 Å². The van der Waals surface area contributed by atoms with Crippen LogP contribution < -0.4 is 5.73 Å². The van der Waals surface area contributed by atoms with E-state index in [2.05, 4.69) is 0 Å². The summed E-state index contributed by atoms with van der Waals surface area (Å²) in [4.78, 5) is 11.0. The van der Waals surface area contributed by atoms with Gasteiger partial charge in [-0.25, -0.2) is 13.6 Å². The topological polar surface area (TPSA) is 63.3 Å². The minimum atomic E-state index is -1.22. The molecule has 0 radical (unpaired) electrons. The number of anilines is 1. The summed E-state index contributed by atoms with van der Waals surface area (Å²) in [6.45, 7) is 5.53. The Bertz CT molecular complexity index is 718. The highest BCUT2D eigenvalue weighted by atomic mass is 35.5. The maximum atomic E-state index is 13.8. The molecule has 22 heavy (non-hydrogen) atoms. The fraction of sp³-hybridized carbons (Fsp3) is 0.188. The number of hydrogen-bond acceptors (Lipinski definition) is 2. The van der Waals surface area contributed by atoms with Crippen LogP contribution in [-0.2, 0) is 0 Å². The number of nitrogen functional groups attached to an aromatic ring is 1. The lowest BCUT2D eigenvalue weighted by atomic mass is 9.96. The van der Waals surface area contributed by atoms with Crippen LogP contribution in [0.1, 0.15) is 29.8 Å². The van der Waals surface area contributed by atoms with Crippen molar-refractivity contribution in [2.24, 2.45) is 0 Å². The van der Waals surface area contributed by atoms with Crippen molar-refractivity contribution in [3.63, 3.8) is 0 Å². The normalized spacial score (nSPS) is 9.91. The predicted octanol–water partition coefficient (Wildman–Crippen LogP) is 4.90. The van der Waals surface area contributed by atoms with Crippen LogP contribution in [0.5, 0.6) is 0 Å². The van der Waals surface area contributed by atoms with Crippen molar-refractivity contribution >= 4 is 23.3 Å². The minimum absolute atomic E-state index is 0.000579. The molecule has 0 fully saturated rings. The standard InChI is InChI=1S/C14H10ClF2NO2.C2H6/c1-6-12(8-3-2-7(16)4-11(8)17)10(15)5-9(13(6)18)14(19)20;1-2/h2-5H,18H2,1H3,(H,19,20);1-2H3. The summed E-state index contributed by atoms with van der Waals surface area (Å²) in [5.41, 5.74) is 6.24. The van der Waals surface area contributed by atoms with Gasteiger partial charge in [0.1, 0.15) is 11.6 Å². The molecule has 2 rings (SSSR count). The Balaban J connectivity index is 0.00000116. The largest absolute Gasteiger partial charge is 0.478 e. The third kappa shape index (κ3) is 3.36. The molecule has 0 atom stereocenters. The van der Waals surface area contributed by atoms with Crippen molar-refractivity contribution in [3.05, 3.63) is 52.0 Å². The Kier molecular flexibility index (Phi) is 5.88. The van der Waals surface area contributed by atoms with Gasteiger partial charge in [0.2, 0.25) is 0 Å². The monoisotopic (exact) mass is 327 g/mol. The van der Waals surface area contributed by atoms with E-state index >= 15 is 0 Å². The quantitative estimate of drug-likeness (QED) is 0.771. The summed E-state index contributed by atoms with van der Waals surface area (Å²) in [7, 11) is 0. The molecule has 6 heteroatoms. The van der Waals surface area contributed by atoms with Gasteiger partial charge < -0.3 is 10.8 Å². The molecule has 118 valence electrons. The van der Waals surface area contributed by atoms with Gasteiger partial charge in [-0.1, -0.05) is 25.4 Å². The number of halogens is 3. The van der Waals surface area contributed by atoms with Crippen LogP contribution in [0.25, 0.3) is 11.1 Å². The second-order valence-corrected chi connectivity index (χ2v) is 4.66. The van der Waals surface area contributed by atoms with Gasteiger partial charge in [0.25, 0.3) is 0 Å². The molecular weight excluding hydrogens is 312 g/mol. The molecule has 0 saturated carbocycles. The van der Waals surface area contributed by atoms with Crippen LogP contribution >= 0.6 is 11.6 Å². The molecule has 2 aromatic carbocycles. The highest BCUT2D eigenvalue weighted by Crippen LogP contribution is 2.37. The summed E-state index contributed by atoms with van der Waals surface area (Å²) in [6, 6.07) is 4.21. The summed E-state index contributed by atoms with van der Waals surface area (Å²) < 4.78 is 26.8. The second kappa shape index (κ2) is 7.22. The third-order valence-electron chi connectivity index (χ3n) is 3.01. The third-order valence-corrected chi connectivity index (χ3v) is 3.31. The summed E-state index contributed by atoms with van der Waals surface area (Å²) in [5, 5.41) is 9.05. The van der Waals surface area contributed by atoms with Crippen molar-refractivity contribution in [1.82, 2.24) is 0 Å². The molecule has 3 N–H and O–H groups in total. The first kappa shape index (κ1) is 17.9. The lowest BCUT2D eigenvalue weighted by Gasteiger charge is -2.14. The van der Waals surface area contributed by atoms with Crippen molar-refractivity contribution < 1.29 is 18.7 Å². The summed E-state index contributed by atoms with van der Waals surface area (Å²) in [5.74, 6) is -2.73. The molecule has 0 spiro atoms. The first-order valence-electron chi connectivity index (χ1n) is 6.60. The first-order valence-corrected chi connectivity index (χ1v) is 6.98. The number of aromatic carboxylic acids is 1. The van der Waals surface area contributed by atoms with Crippen LogP contribution in [-0.4, -0.2) is 11.1 Å². The lowest BCUT2D eigenvalue weighted by Crippen LogP contribution is -2.06. The molecule has 0 aliphatic heterocycles. The molecule has 0 unspecified atom stereocenters. The number of nitrogens with two attached hydrogens (primary N) is 1. The molecule has 0 aromatic heterocycles. The number of carboxylic acids is 1. The number of hydrogen-bond donors (Lipinski definition) is 2. The molecule has 2 aromatic rings. The van der Waals surface area contributed by atoms with Gasteiger partial charge in [-0.2, -0.15) is 0 Å². The number of benzene rings is 2. The van der Waals surface area contributed by atoms with Crippen LogP contribution in [0, 0.1) is 18.6 Å². The molecule has 0 heterocycles. The molecular formula is C16H16ClF2NO2. The molecule has 0 aliphatic rings. The van der Waals surface area contributed by atoms with Gasteiger partial charge in [-0.15, -0.1) is 0 Å². The zero-order chi connectivity index (χ0) is 17.0. The van der Waals surface area contributed by atoms with E-state index in [9.17, 15) is 13.6 Å². The molecule has 3 nitrogen and oxygen atoms in total. The Morgan fingerprint density at radius 2 is 1.82 bits per heavy atom. The molecule has 0 aliphatic carbocycles. The van der Waals surface area contributed by atoms with Gasteiger partial charge in [0.15, 0.2) is 0 Å². The van der Waals surface area contributed by atoms with Gasteiger partial charge in [-0.05, 0) is 30.7 Å². The van der Waals surface area contributed by atoms with Crippen molar-refractivity contribution in [2.45, 2.75) is 20.8 Å². The summed E-state index contributed by atoms with van der Waals surface area (Å²) >= 11 is 6.02. The Hall–Kier alpha value is -2.14. The minimum Gasteiger partial charge on any atom is -0.478 e. The maximum absolute atomic E-state index is 13.8. The average Bonchev–Trinajstić information content (AvgIpc) is 2.47. The Morgan fingerprint density at radius 1 is 1.23 bits per heavy atom. The SMILES string of the molecule is CC.Cc1c(N)c(C(=O)O)cc(Cl)c1-c1ccc(F)cc1F. The zero-order valence-electron chi connectivity index (χ0n) is 12.4. The van der Waals surface area contributed by atoms with Gasteiger partial charge >= 0.3 is 5.97 Å². The highest BCUT2D eigenvalue weighted by Gasteiger charge is 2.19. The Labute approximate surface area is 132 Å². The van der Waals surface area contributed by atoms with E-state index in [1.807, 2.05) is 13.8 Å². The number of carboxylic acid groups (broad SMARTS) is 1. The van der Waals surface area contributed by atoms with Crippen molar-refractivity contribution in [2.75, 3.05) is 5.73 Å². The van der Waals surface area contributed by atoms with Crippen LogP contribution in [0.2, 0.25) is 5.02 Å². The van der Waals surface area contributed by atoms with E-state index in [0.717, 1.165) is 18.2 Å². The van der Waals surface area contributed by atoms with Crippen molar-refractivity contribution in [1.29, 1.82) is 0 Å².